The molecule has 0 radical (unpaired) electrons. The summed E-state index contributed by atoms with van der Waals surface area (Å²) in [6.07, 6.45) is -5.14. The van der Waals surface area contributed by atoms with Crippen LogP contribution in [0.25, 0.3) is 22.0 Å². The van der Waals surface area contributed by atoms with E-state index in [2.05, 4.69) is 43.5 Å². The number of halogens is 9. The lowest BCUT2D eigenvalue weighted by molar-refractivity contribution is -0.120. The van der Waals surface area contributed by atoms with Gasteiger partial charge in [-0.15, -0.1) is 6.58 Å². The third kappa shape index (κ3) is 10.6. The number of allylic oxidation sites excluding steroid dienone is 3. The Hall–Kier alpha value is -5.53. The van der Waals surface area contributed by atoms with Gasteiger partial charge in [-0.25, -0.2) is 48.2 Å². The van der Waals surface area contributed by atoms with Crippen molar-refractivity contribution in [1.29, 1.82) is 0 Å². The number of anilines is 1. The molecule has 0 aliphatic heterocycles. The van der Waals surface area contributed by atoms with Crippen LogP contribution in [0.2, 0.25) is 5.02 Å². The highest BCUT2D eigenvalue weighted by atomic mass is 35.5. The standard InChI is InChI=1S/C42H40ClF8N7O5S2/c1-5-22-17-29(35(52)39(48)49)38(42(22,50)51)53-19-33(59)55-31(16-21-14-23(44)18-24(45)15-21)36-27(9-6-25(54-36)12-13-41(2,3)64(4,60)61)28-10-11-30(43)34-37(28)58(20-32(46)47)56-40(34)57-65(62,63)26-7-8-26/h5-6,9-11,14-15,18,22,26,31-32,39H,1,7-8,16-17,19-20,52H2,2-4H3,(H,55,59)(H,56,57)/t22-,31+/m1/s1. The van der Waals surface area contributed by atoms with Crippen molar-refractivity contribution in [1.82, 2.24) is 20.1 Å². The molecule has 2 aromatic carbocycles. The molecular weight excluding hydrogens is 934 g/mol. The van der Waals surface area contributed by atoms with Gasteiger partial charge in [0.1, 0.15) is 40.9 Å². The summed E-state index contributed by atoms with van der Waals surface area (Å²) in [4.78, 5) is 22.2. The predicted molar refractivity (Wildman–Crippen MR) is 229 cm³/mol. The number of aliphatic imine (C=N–C) groups is 1. The molecule has 2 aliphatic rings. The Kier molecular flexibility index (Phi) is 13.8. The van der Waals surface area contributed by atoms with E-state index in [1.807, 2.05) is 0 Å². The molecule has 2 aromatic heterocycles. The van der Waals surface area contributed by atoms with Gasteiger partial charge in [0, 0.05) is 29.0 Å². The van der Waals surface area contributed by atoms with E-state index in [9.17, 15) is 48.0 Å². The first-order valence-corrected chi connectivity index (χ1v) is 23.3. The van der Waals surface area contributed by atoms with Gasteiger partial charge in [0.2, 0.25) is 15.9 Å². The van der Waals surface area contributed by atoms with Crippen LogP contribution >= 0.6 is 11.6 Å². The normalized spacial score (nSPS) is 18.5. The van der Waals surface area contributed by atoms with E-state index in [0.29, 0.717) is 18.9 Å². The molecule has 0 saturated heterocycles. The van der Waals surface area contributed by atoms with Crippen molar-refractivity contribution in [2.45, 2.75) is 80.9 Å². The van der Waals surface area contributed by atoms with Crippen molar-refractivity contribution in [2.75, 3.05) is 17.5 Å². The van der Waals surface area contributed by atoms with E-state index in [-0.39, 0.29) is 49.8 Å². The van der Waals surface area contributed by atoms with Crippen LogP contribution < -0.4 is 15.8 Å². The number of fused-ring (bicyclic) bond motifs is 1. The summed E-state index contributed by atoms with van der Waals surface area (Å²) >= 11 is 6.61. The highest BCUT2D eigenvalue weighted by Crippen LogP contribution is 2.44. The van der Waals surface area contributed by atoms with Crippen LogP contribution in [0.5, 0.6) is 0 Å². The maximum absolute atomic E-state index is 15.5. The lowest BCUT2D eigenvalue weighted by Gasteiger charge is -2.23. The van der Waals surface area contributed by atoms with Crippen LogP contribution in [0.4, 0.5) is 40.9 Å². The molecule has 4 aromatic rings. The third-order valence-electron chi connectivity index (χ3n) is 10.8. The zero-order valence-corrected chi connectivity index (χ0v) is 37.0. The number of carbonyl (C=O) groups is 1. The van der Waals surface area contributed by atoms with Crippen LogP contribution in [0, 0.1) is 29.4 Å². The van der Waals surface area contributed by atoms with E-state index in [0.717, 1.165) is 29.1 Å². The number of nitrogens with two attached hydrogens (primary N) is 1. The molecule has 12 nitrogen and oxygen atoms in total. The molecule has 65 heavy (non-hydrogen) atoms. The highest BCUT2D eigenvalue weighted by molar-refractivity contribution is 7.93. The minimum Gasteiger partial charge on any atom is -0.397 e. The predicted octanol–water partition coefficient (Wildman–Crippen LogP) is 7.53. The Labute approximate surface area is 373 Å². The Morgan fingerprint density at radius 2 is 1.72 bits per heavy atom. The van der Waals surface area contributed by atoms with Crippen molar-refractivity contribution < 1.29 is 56.8 Å². The zero-order chi connectivity index (χ0) is 48.0. The lowest BCUT2D eigenvalue weighted by Crippen LogP contribution is -2.35. The monoisotopic (exact) mass is 973 g/mol. The minimum absolute atomic E-state index is 0.00359. The largest absolute Gasteiger partial charge is 0.397 e. The lowest BCUT2D eigenvalue weighted by atomic mass is 9.93. The van der Waals surface area contributed by atoms with Gasteiger partial charge in [0.15, 0.2) is 15.7 Å². The van der Waals surface area contributed by atoms with Crippen LogP contribution in [-0.2, 0) is 37.6 Å². The maximum Gasteiger partial charge on any atom is 0.296 e. The summed E-state index contributed by atoms with van der Waals surface area (Å²) in [6, 6.07) is 6.13. The van der Waals surface area contributed by atoms with Gasteiger partial charge in [-0.05, 0) is 81.3 Å². The quantitative estimate of drug-likeness (QED) is 0.0622. The van der Waals surface area contributed by atoms with Crippen molar-refractivity contribution in [3.05, 3.63) is 100.0 Å². The molecule has 1 amide bonds. The second-order valence-corrected chi connectivity index (χ2v) is 20.9. The van der Waals surface area contributed by atoms with Gasteiger partial charge in [0.25, 0.3) is 18.8 Å². The molecule has 4 N–H and O–H groups in total. The first kappa shape index (κ1) is 48.9. The number of sulfone groups is 1. The molecule has 6 rings (SSSR count). The molecule has 0 bridgehead atoms. The van der Waals surface area contributed by atoms with Gasteiger partial charge >= 0.3 is 0 Å². The van der Waals surface area contributed by atoms with E-state index < -0.39 is 121 Å². The molecule has 2 fully saturated rings. The SMILES string of the molecule is C=C[C@@H]1CC(=C(N)C(F)F)C(=NCC(=O)N[C@@H](Cc2cc(F)cc(F)c2)c2nc(C#CC(C)(C)S(C)(=O)=O)ccc2-c2ccc(Cl)c3c(NS(=O)(=O)C4CC4)nn(CC(F)F)c23)C1(F)F. The second kappa shape index (κ2) is 18.4. The molecule has 2 aliphatic carbocycles. The van der Waals surface area contributed by atoms with Gasteiger partial charge < -0.3 is 11.1 Å². The molecule has 2 heterocycles. The number of pyridine rings is 1. The fourth-order valence-corrected chi connectivity index (χ4v) is 8.80. The third-order valence-corrected chi connectivity index (χ3v) is 14.9. The van der Waals surface area contributed by atoms with Crippen LogP contribution in [0.1, 0.15) is 56.1 Å². The summed E-state index contributed by atoms with van der Waals surface area (Å²) in [5.74, 6) is -3.94. The maximum atomic E-state index is 15.5. The fraction of sp³-hybridized carbons (Fsp3) is 0.381. The zero-order valence-electron chi connectivity index (χ0n) is 34.6. The average Bonchev–Trinajstić information content (AvgIpc) is 3.96. The summed E-state index contributed by atoms with van der Waals surface area (Å²) in [5.41, 5.74) is 1.78. The van der Waals surface area contributed by atoms with E-state index in [1.54, 1.807) is 0 Å². The Bertz CT molecular complexity index is 2910. The number of carbonyl (C=O) groups excluding carboxylic acids is 1. The highest BCUT2D eigenvalue weighted by Gasteiger charge is 2.52. The number of rotatable bonds is 15. The van der Waals surface area contributed by atoms with Crippen molar-refractivity contribution >= 4 is 59.8 Å². The number of aromatic nitrogens is 3. The molecular formula is C42H40ClF8N7O5S2. The van der Waals surface area contributed by atoms with Gasteiger partial charge in [-0.2, -0.15) is 13.9 Å². The number of alkyl halides is 6. The van der Waals surface area contributed by atoms with Crippen molar-refractivity contribution in [2.24, 2.45) is 16.6 Å². The number of hydrogen-bond acceptors (Lipinski definition) is 9. The second-order valence-electron chi connectivity index (χ2n) is 15.9. The number of hydrogen-bond donors (Lipinski definition) is 3. The van der Waals surface area contributed by atoms with E-state index >= 15 is 8.78 Å². The number of benzene rings is 2. The smallest absolute Gasteiger partial charge is 0.296 e. The van der Waals surface area contributed by atoms with E-state index in [4.69, 9.17) is 17.3 Å². The topological polar surface area (TPSA) is 178 Å². The molecule has 2 atom stereocenters. The van der Waals surface area contributed by atoms with Gasteiger partial charge in [-0.1, -0.05) is 29.7 Å². The first-order chi connectivity index (χ1) is 30.2. The van der Waals surface area contributed by atoms with Gasteiger partial charge in [-0.3, -0.25) is 19.2 Å². The number of nitrogens with zero attached hydrogens (tertiary/aromatic N) is 4. The molecule has 0 spiro atoms. The van der Waals surface area contributed by atoms with Crippen molar-refractivity contribution in [3.8, 4) is 23.0 Å². The minimum atomic E-state index is -4.05. The van der Waals surface area contributed by atoms with E-state index in [1.165, 1.54) is 38.1 Å². The Morgan fingerprint density at radius 1 is 1.08 bits per heavy atom. The van der Waals surface area contributed by atoms with Crippen LogP contribution in [0.15, 0.2) is 71.4 Å². The molecule has 0 unspecified atom stereocenters. The van der Waals surface area contributed by atoms with Crippen LogP contribution in [-0.4, -0.2) is 84.8 Å². The first-order valence-electron chi connectivity index (χ1n) is 19.5. The Morgan fingerprint density at radius 3 is 2.31 bits per heavy atom. The Balaban J connectivity index is 1.58. The summed E-state index contributed by atoms with van der Waals surface area (Å²) in [6.45, 7) is 3.74. The number of sulfonamides is 1. The molecule has 348 valence electrons. The van der Waals surface area contributed by atoms with Crippen LogP contribution in [0.3, 0.4) is 0 Å². The average molecular weight is 974 g/mol. The summed E-state index contributed by atoms with van der Waals surface area (Å²) in [5, 5.41) is 5.69. The van der Waals surface area contributed by atoms with Crippen molar-refractivity contribution in [3.63, 3.8) is 0 Å². The summed E-state index contributed by atoms with van der Waals surface area (Å²) < 4.78 is 169. The summed E-state index contributed by atoms with van der Waals surface area (Å²) in [7, 11) is -7.85. The van der Waals surface area contributed by atoms with Gasteiger partial charge in [0.05, 0.1) is 44.5 Å². The fourth-order valence-electron chi connectivity index (χ4n) is 6.99. The molecule has 23 heteroatoms. The number of nitrogens with one attached hydrogen (secondary N) is 2. The number of amides is 1. The molecule has 2 saturated carbocycles.